The molecule has 2 aromatic rings. The highest BCUT2D eigenvalue weighted by molar-refractivity contribution is 5.79. The summed E-state index contributed by atoms with van der Waals surface area (Å²) in [6.45, 7) is 9.17. The molecule has 2 aromatic carbocycles. The quantitative estimate of drug-likeness (QED) is 0.486. The summed E-state index contributed by atoms with van der Waals surface area (Å²) < 4.78 is 0. The Balaban J connectivity index is 2.24. The van der Waals surface area contributed by atoms with E-state index < -0.39 is 0 Å². The van der Waals surface area contributed by atoms with Gasteiger partial charge in [0.15, 0.2) is 5.69 Å². The largest absolute Gasteiger partial charge is 0.238 e. The SMILES string of the molecule is [C-]#[N+]c1ccc2c(c1)-c1ccc(C)cc1C2. The van der Waals surface area contributed by atoms with Gasteiger partial charge in [0.25, 0.3) is 0 Å². The lowest BCUT2D eigenvalue weighted by Gasteiger charge is -2.02. The Morgan fingerprint density at radius 3 is 2.69 bits per heavy atom. The highest BCUT2D eigenvalue weighted by Gasteiger charge is 2.18. The van der Waals surface area contributed by atoms with Crippen molar-refractivity contribution >= 4 is 5.69 Å². The summed E-state index contributed by atoms with van der Waals surface area (Å²) in [5, 5.41) is 0. The summed E-state index contributed by atoms with van der Waals surface area (Å²) in [6, 6.07) is 12.5. The molecule has 0 heterocycles. The lowest BCUT2D eigenvalue weighted by molar-refractivity contribution is 1.25. The zero-order valence-corrected chi connectivity index (χ0v) is 9.12. The Morgan fingerprint density at radius 2 is 1.88 bits per heavy atom. The molecule has 1 aliphatic carbocycles. The average molecular weight is 205 g/mol. The van der Waals surface area contributed by atoms with Gasteiger partial charge in [0.05, 0.1) is 6.57 Å². The number of nitrogens with zero attached hydrogens (tertiary/aromatic N) is 1. The van der Waals surface area contributed by atoms with E-state index in [0.717, 1.165) is 12.1 Å². The van der Waals surface area contributed by atoms with Gasteiger partial charge in [0.1, 0.15) is 0 Å². The van der Waals surface area contributed by atoms with Crippen LogP contribution in [-0.4, -0.2) is 0 Å². The van der Waals surface area contributed by atoms with Crippen LogP contribution in [0.3, 0.4) is 0 Å². The van der Waals surface area contributed by atoms with Crippen molar-refractivity contribution in [2.24, 2.45) is 0 Å². The Kier molecular flexibility index (Phi) is 1.84. The first kappa shape index (κ1) is 9.18. The zero-order chi connectivity index (χ0) is 11.1. The van der Waals surface area contributed by atoms with Crippen LogP contribution in [0.5, 0.6) is 0 Å². The molecule has 0 radical (unpaired) electrons. The smallest absolute Gasteiger partial charge is 0.187 e. The highest BCUT2D eigenvalue weighted by Crippen LogP contribution is 2.38. The van der Waals surface area contributed by atoms with Gasteiger partial charge in [-0.1, -0.05) is 35.9 Å². The van der Waals surface area contributed by atoms with E-state index in [1.54, 1.807) is 0 Å². The van der Waals surface area contributed by atoms with Crippen molar-refractivity contribution in [3.8, 4) is 11.1 Å². The van der Waals surface area contributed by atoms with Crippen LogP contribution < -0.4 is 0 Å². The number of rotatable bonds is 0. The first-order chi connectivity index (χ1) is 7.78. The molecule has 1 aliphatic rings. The number of benzene rings is 2. The monoisotopic (exact) mass is 205 g/mol. The first-order valence-corrected chi connectivity index (χ1v) is 5.38. The van der Waals surface area contributed by atoms with Crippen LogP contribution in [-0.2, 0) is 6.42 Å². The molecule has 76 valence electrons. The van der Waals surface area contributed by atoms with Crippen molar-refractivity contribution < 1.29 is 0 Å². The van der Waals surface area contributed by atoms with Crippen LogP contribution >= 0.6 is 0 Å². The van der Waals surface area contributed by atoms with E-state index >= 15 is 0 Å². The molecule has 0 N–H and O–H groups in total. The molecule has 1 heteroatoms. The maximum absolute atomic E-state index is 7.05. The molecule has 0 fully saturated rings. The minimum Gasteiger partial charge on any atom is -0.238 e. The normalized spacial score (nSPS) is 11.8. The van der Waals surface area contributed by atoms with Crippen LogP contribution in [0.25, 0.3) is 16.0 Å². The van der Waals surface area contributed by atoms with Crippen LogP contribution in [0, 0.1) is 13.5 Å². The number of aryl methyl sites for hydroxylation is 1. The summed E-state index contributed by atoms with van der Waals surface area (Å²) in [7, 11) is 0. The van der Waals surface area contributed by atoms with Crippen molar-refractivity contribution in [3.63, 3.8) is 0 Å². The fourth-order valence-electron chi connectivity index (χ4n) is 2.38. The van der Waals surface area contributed by atoms with E-state index in [0.29, 0.717) is 0 Å². The number of hydrogen-bond donors (Lipinski definition) is 0. The molecule has 0 saturated heterocycles. The Morgan fingerprint density at radius 1 is 1.00 bits per heavy atom. The molecule has 3 rings (SSSR count). The third kappa shape index (κ3) is 1.24. The van der Waals surface area contributed by atoms with Crippen LogP contribution in [0.4, 0.5) is 5.69 Å². The van der Waals surface area contributed by atoms with E-state index in [4.69, 9.17) is 6.57 Å². The number of fused-ring (bicyclic) bond motifs is 3. The van der Waals surface area contributed by atoms with Crippen molar-refractivity contribution in [1.29, 1.82) is 0 Å². The molecule has 0 bridgehead atoms. The van der Waals surface area contributed by atoms with Gasteiger partial charge in [0, 0.05) is 0 Å². The second kappa shape index (κ2) is 3.21. The van der Waals surface area contributed by atoms with Crippen molar-refractivity contribution in [2.45, 2.75) is 13.3 Å². The molecule has 0 amide bonds. The van der Waals surface area contributed by atoms with Gasteiger partial charge in [-0.3, -0.25) is 0 Å². The molecule has 0 spiro atoms. The Labute approximate surface area is 95.2 Å². The second-order valence-electron chi connectivity index (χ2n) is 4.29. The van der Waals surface area contributed by atoms with Gasteiger partial charge in [-0.15, -0.1) is 0 Å². The van der Waals surface area contributed by atoms with E-state index in [1.165, 1.54) is 27.8 Å². The average Bonchev–Trinajstić information content (AvgIpc) is 2.65. The van der Waals surface area contributed by atoms with E-state index in [-0.39, 0.29) is 0 Å². The Hall–Kier alpha value is -2.07. The summed E-state index contributed by atoms with van der Waals surface area (Å²) in [4.78, 5) is 3.49. The predicted octanol–water partition coefficient (Wildman–Crippen LogP) is 4.12. The summed E-state index contributed by atoms with van der Waals surface area (Å²) >= 11 is 0. The lowest BCUT2D eigenvalue weighted by Crippen LogP contribution is -1.80. The van der Waals surface area contributed by atoms with Gasteiger partial charge < -0.3 is 0 Å². The topological polar surface area (TPSA) is 4.36 Å². The van der Waals surface area contributed by atoms with E-state index in [1.807, 2.05) is 12.1 Å². The molecule has 0 saturated carbocycles. The van der Waals surface area contributed by atoms with Gasteiger partial charge in [-0.2, -0.15) is 0 Å². The van der Waals surface area contributed by atoms with Crippen molar-refractivity contribution in [3.05, 3.63) is 64.5 Å². The minimum absolute atomic E-state index is 0.729. The zero-order valence-electron chi connectivity index (χ0n) is 9.12. The third-order valence-corrected chi connectivity index (χ3v) is 3.15. The van der Waals surface area contributed by atoms with E-state index in [9.17, 15) is 0 Å². The molecule has 16 heavy (non-hydrogen) atoms. The fraction of sp³-hybridized carbons (Fsp3) is 0.133. The van der Waals surface area contributed by atoms with Crippen LogP contribution in [0.1, 0.15) is 16.7 Å². The van der Waals surface area contributed by atoms with E-state index in [2.05, 4.69) is 36.0 Å². The number of hydrogen-bond acceptors (Lipinski definition) is 0. The molecule has 0 aliphatic heterocycles. The third-order valence-electron chi connectivity index (χ3n) is 3.15. The first-order valence-electron chi connectivity index (χ1n) is 5.38. The molecular formula is C15H11N. The summed E-state index contributed by atoms with van der Waals surface area (Å²) in [5.74, 6) is 0. The maximum Gasteiger partial charge on any atom is 0.187 e. The lowest BCUT2D eigenvalue weighted by atomic mass is 10.0. The minimum atomic E-state index is 0.729. The van der Waals surface area contributed by atoms with Gasteiger partial charge in [-0.25, -0.2) is 4.85 Å². The molecule has 0 atom stereocenters. The fourth-order valence-corrected chi connectivity index (χ4v) is 2.38. The molecular weight excluding hydrogens is 194 g/mol. The molecule has 0 unspecified atom stereocenters. The van der Waals surface area contributed by atoms with Crippen LogP contribution in [0.15, 0.2) is 36.4 Å². The summed E-state index contributed by atoms with van der Waals surface area (Å²) in [5.41, 5.74) is 7.30. The maximum atomic E-state index is 7.05. The van der Waals surface area contributed by atoms with Crippen LogP contribution in [0.2, 0.25) is 0 Å². The molecule has 0 aromatic heterocycles. The van der Waals surface area contributed by atoms with Gasteiger partial charge in [-0.05, 0) is 41.7 Å². The highest BCUT2D eigenvalue weighted by atomic mass is 14.6. The summed E-state index contributed by atoms with van der Waals surface area (Å²) in [6.07, 6.45) is 1.00. The van der Waals surface area contributed by atoms with Crippen molar-refractivity contribution in [2.75, 3.05) is 0 Å². The standard InChI is InChI=1S/C15H11N/c1-10-3-6-14-12(7-10)8-11-4-5-13(16-2)9-15(11)14/h3-7,9H,8H2,1H3. The van der Waals surface area contributed by atoms with Gasteiger partial charge in [0.2, 0.25) is 0 Å². The second-order valence-corrected chi connectivity index (χ2v) is 4.29. The molecule has 1 nitrogen and oxygen atoms in total. The predicted molar refractivity (Wildman–Crippen MR) is 65.7 cm³/mol. The van der Waals surface area contributed by atoms with Crippen molar-refractivity contribution in [1.82, 2.24) is 0 Å². The van der Waals surface area contributed by atoms with Gasteiger partial charge >= 0.3 is 0 Å². The Bertz CT molecular complexity index is 618.